The van der Waals surface area contributed by atoms with Gasteiger partial charge in [-0.25, -0.2) is 9.97 Å². The maximum absolute atomic E-state index is 12.5. The molecule has 0 fully saturated rings. The van der Waals surface area contributed by atoms with Gasteiger partial charge in [0.05, 0.1) is 16.7 Å². The van der Waals surface area contributed by atoms with E-state index >= 15 is 0 Å². The predicted molar refractivity (Wildman–Crippen MR) is 90.4 cm³/mol. The number of amides is 2. The molecule has 0 radical (unpaired) electrons. The summed E-state index contributed by atoms with van der Waals surface area (Å²) < 4.78 is 5.32. The third-order valence-corrected chi connectivity index (χ3v) is 4.00. The Morgan fingerprint density at radius 1 is 1.36 bits per heavy atom. The lowest BCUT2D eigenvalue weighted by Gasteiger charge is -2.18. The Morgan fingerprint density at radius 2 is 2.24 bits per heavy atom. The Morgan fingerprint density at radius 3 is 3.12 bits per heavy atom. The van der Waals surface area contributed by atoms with Gasteiger partial charge in [0.25, 0.3) is 11.8 Å². The standard InChI is InChI=1S/C17H15N5O3/c1-9-5-18-15-14(9)20-8-21-16(15)17(24)19-6-10-2-3-12-11(4-10)22-13(23)7-25-12/h2-5,8,18H,6-7H2,1H3,(H,19,24)(H,22,23). The molecule has 0 saturated heterocycles. The first-order valence-electron chi connectivity index (χ1n) is 7.74. The maximum Gasteiger partial charge on any atom is 0.272 e. The monoisotopic (exact) mass is 337 g/mol. The van der Waals surface area contributed by atoms with Crippen LogP contribution in [0.3, 0.4) is 0 Å². The van der Waals surface area contributed by atoms with E-state index in [0.717, 1.165) is 16.6 Å². The smallest absolute Gasteiger partial charge is 0.272 e. The summed E-state index contributed by atoms with van der Waals surface area (Å²) in [5.74, 6) is 0.125. The van der Waals surface area contributed by atoms with Gasteiger partial charge in [0, 0.05) is 12.7 Å². The SMILES string of the molecule is Cc1c[nH]c2c(C(=O)NCc3ccc4c(c3)NC(=O)CO4)ncnc12. The van der Waals surface area contributed by atoms with E-state index in [4.69, 9.17) is 4.74 Å². The lowest BCUT2D eigenvalue weighted by atomic mass is 10.1. The average Bonchev–Trinajstić information content (AvgIpc) is 3.00. The van der Waals surface area contributed by atoms with Crippen molar-refractivity contribution < 1.29 is 14.3 Å². The number of ether oxygens (including phenoxy) is 1. The molecule has 25 heavy (non-hydrogen) atoms. The van der Waals surface area contributed by atoms with Crippen LogP contribution in [0, 0.1) is 6.92 Å². The fourth-order valence-corrected chi connectivity index (χ4v) is 2.75. The lowest BCUT2D eigenvalue weighted by Crippen LogP contribution is -2.26. The van der Waals surface area contributed by atoms with Gasteiger partial charge in [0.1, 0.15) is 12.1 Å². The zero-order chi connectivity index (χ0) is 17.4. The van der Waals surface area contributed by atoms with Crippen LogP contribution >= 0.6 is 0 Å². The van der Waals surface area contributed by atoms with Crippen molar-refractivity contribution in [2.75, 3.05) is 11.9 Å². The molecule has 1 aliphatic rings. The summed E-state index contributed by atoms with van der Waals surface area (Å²) in [6, 6.07) is 5.39. The van der Waals surface area contributed by atoms with Crippen molar-refractivity contribution in [2.45, 2.75) is 13.5 Å². The summed E-state index contributed by atoms with van der Waals surface area (Å²) in [5.41, 5.74) is 4.04. The van der Waals surface area contributed by atoms with E-state index in [-0.39, 0.29) is 18.4 Å². The Labute approximate surface area is 142 Å². The second kappa shape index (κ2) is 5.90. The van der Waals surface area contributed by atoms with E-state index in [9.17, 15) is 9.59 Å². The van der Waals surface area contributed by atoms with Crippen molar-refractivity contribution in [3.8, 4) is 5.75 Å². The van der Waals surface area contributed by atoms with Gasteiger partial charge in [-0.05, 0) is 30.2 Å². The van der Waals surface area contributed by atoms with Crippen molar-refractivity contribution in [1.82, 2.24) is 20.3 Å². The Balaban J connectivity index is 1.52. The summed E-state index contributed by atoms with van der Waals surface area (Å²) in [6.07, 6.45) is 3.17. The first-order chi connectivity index (χ1) is 12.1. The van der Waals surface area contributed by atoms with Gasteiger partial charge in [-0.3, -0.25) is 9.59 Å². The van der Waals surface area contributed by atoms with Crippen LogP contribution in [0.4, 0.5) is 5.69 Å². The van der Waals surface area contributed by atoms with Crippen LogP contribution in [0.25, 0.3) is 11.0 Å². The second-order valence-electron chi connectivity index (χ2n) is 5.77. The molecule has 0 aliphatic carbocycles. The van der Waals surface area contributed by atoms with Crippen LogP contribution in [0.5, 0.6) is 5.75 Å². The number of anilines is 1. The zero-order valence-corrected chi connectivity index (χ0v) is 13.4. The zero-order valence-electron chi connectivity index (χ0n) is 13.4. The number of carbonyl (C=O) groups excluding carboxylic acids is 2. The van der Waals surface area contributed by atoms with Gasteiger partial charge >= 0.3 is 0 Å². The molecule has 3 heterocycles. The minimum Gasteiger partial charge on any atom is -0.482 e. The number of hydrogen-bond acceptors (Lipinski definition) is 5. The number of H-pyrrole nitrogens is 1. The number of nitrogens with zero attached hydrogens (tertiary/aromatic N) is 2. The van der Waals surface area contributed by atoms with E-state index in [1.54, 1.807) is 18.3 Å². The van der Waals surface area contributed by atoms with Gasteiger partial charge in [-0.15, -0.1) is 0 Å². The molecular weight excluding hydrogens is 322 g/mol. The molecule has 8 nitrogen and oxygen atoms in total. The van der Waals surface area contributed by atoms with Crippen molar-refractivity contribution in [1.29, 1.82) is 0 Å². The third kappa shape index (κ3) is 2.78. The highest BCUT2D eigenvalue weighted by Crippen LogP contribution is 2.28. The number of benzene rings is 1. The Hall–Kier alpha value is -3.42. The van der Waals surface area contributed by atoms with Gasteiger partial charge in [0.15, 0.2) is 12.3 Å². The average molecular weight is 337 g/mol. The minimum atomic E-state index is -0.299. The molecule has 3 N–H and O–H groups in total. The summed E-state index contributed by atoms with van der Waals surface area (Å²) in [5, 5.41) is 5.58. The maximum atomic E-state index is 12.5. The van der Waals surface area contributed by atoms with E-state index in [1.165, 1.54) is 6.33 Å². The molecule has 1 aliphatic heterocycles. The second-order valence-corrected chi connectivity index (χ2v) is 5.77. The molecule has 126 valence electrons. The van der Waals surface area contributed by atoms with Gasteiger partial charge < -0.3 is 20.4 Å². The molecule has 0 spiro atoms. The third-order valence-electron chi connectivity index (χ3n) is 4.00. The predicted octanol–water partition coefficient (Wildman–Crippen LogP) is 1.53. The number of aromatic amines is 1. The van der Waals surface area contributed by atoms with Gasteiger partial charge in [-0.2, -0.15) is 0 Å². The molecule has 0 saturated carbocycles. The summed E-state index contributed by atoms with van der Waals surface area (Å²) in [7, 11) is 0. The topological polar surface area (TPSA) is 109 Å². The van der Waals surface area contributed by atoms with E-state index < -0.39 is 0 Å². The van der Waals surface area contributed by atoms with Crippen LogP contribution in [-0.2, 0) is 11.3 Å². The number of carbonyl (C=O) groups is 2. The van der Waals surface area contributed by atoms with Gasteiger partial charge in [0.2, 0.25) is 0 Å². The molecule has 0 bridgehead atoms. The Bertz CT molecular complexity index is 995. The van der Waals surface area contributed by atoms with Crippen LogP contribution < -0.4 is 15.4 Å². The minimum absolute atomic E-state index is 0.0162. The normalized spacial score (nSPS) is 13.1. The molecule has 0 unspecified atom stereocenters. The summed E-state index contributed by atoms with van der Waals surface area (Å²) in [6.45, 7) is 2.23. The van der Waals surface area contributed by atoms with Gasteiger partial charge in [-0.1, -0.05) is 6.07 Å². The number of aryl methyl sites for hydroxylation is 1. The van der Waals surface area contributed by atoms with Crippen LogP contribution in [0.1, 0.15) is 21.6 Å². The van der Waals surface area contributed by atoms with E-state index in [2.05, 4.69) is 25.6 Å². The van der Waals surface area contributed by atoms with Crippen molar-refractivity contribution in [3.05, 3.63) is 47.5 Å². The van der Waals surface area contributed by atoms with Crippen LogP contribution in [0.2, 0.25) is 0 Å². The highest BCUT2D eigenvalue weighted by molar-refractivity contribution is 6.03. The van der Waals surface area contributed by atoms with Crippen LogP contribution in [0.15, 0.2) is 30.7 Å². The highest BCUT2D eigenvalue weighted by Gasteiger charge is 2.17. The fourth-order valence-electron chi connectivity index (χ4n) is 2.75. The number of aromatic nitrogens is 3. The molecule has 2 amide bonds. The number of rotatable bonds is 3. The molecular formula is C17H15N5O3. The largest absolute Gasteiger partial charge is 0.482 e. The van der Waals surface area contributed by atoms with E-state index in [1.807, 2.05) is 13.0 Å². The first kappa shape index (κ1) is 15.1. The summed E-state index contributed by atoms with van der Waals surface area (Å²) >= 11 is 0. The van der Waals surface area contributed by atoms with E-state index in [0.29, 0.717) is 29.2 Å². The fraction of sp³-hybridized carbons (Fsp3) is 0.176. The molecule has 8 heteroatoms. The molecule has 0 atom stereocenters. The highest BCUT2D eigenvalue weighted by atomic mass is 16.5. The van der Waals surface area contributed by atoms with Crippen molar-refractivity contribution >= 4 is 28.5 Å². The molecule has 3 aromatic rings. The quantitative estimate of drug-likeness (QED) is 0.671. The number of fused-ring (bicyclic) bond motifs is 2. The summed E-state index contributed by atoms with van der Waals surface area (Å²) in [4.78, 5) is 35.2. The van der Waals surface area contributed by atoms with Crippen LogP contribution in [-0.4, -0.2) is 33.4 Å². The van der Waals surface area contributed by atoms with Crippen molar-refractivity contribution in [3.63, 3.8) is 0 Å². The number of nitrogens with one attached hydrogen (secondary N) is 3. The van der Waals surface area contributed by atoms with Crippen molar-refractivity contribution in [2.24, 2.45) is 0 Å². The molecule has 2 aromatic heterocycles. The molecule has 1 aromatic carbocycles. The Kier molecular flexibility index (Phi) is 3.57. The molecule has 4 rings (SSSR count). The lowest BCUT2D eigenvalue weighted by molar-refractivity contribution is -0.118. The first-order valence-corrected chi connectivity index (χ1v) is 7.74. The number of hydrogen-bond donors (Lipinski definition) is 3.